The van der Waals surface area contributed by atoms with E-state index in [1.54, 1.807) is 19.0 Å². The number of hydrogen-bond donors (Lipinski definition) is 15. The van der Waals surface area contributed by atoms with Gasteiger partial charge in [-0.05, 0) is 62.5 Å². The second kappa shape index (κ2) is 26.4. The minimum absolute atomic E-state index is 0.00603. The van der Waals surface area contributed by atoms with E-state index >= 15 is 0 Å². The van der Waals surface area contributed by atoms with Gasteiger partial charge < -0.3 is 81.0 Å². The number of rotatable bonds is 19. The molecular formula is C37H56F7N6O16P. The zero-order valence-electron chi connectivity index (χ0n) is 35.8. The molecule has 0 amide bonds. The number of nitrogens with zero attached hydrogens (tertiary/aromatic N) is 3. The summed E-state index contributed by atoms with van der Waals surface area (Å²) in [6.45, 7) is -0.0952. The number of nitrogens with one attached hydrogen (secondary N) is 3. The Morgan fingerprint density at radius 2 is 1.25 bits per heavy atom. The Kier molecular flexibility index (Phi) is 23.5. The fraction of sp³-hybridized carbons (Fsp3) is 0.622. The number of hydrogen-bond acceptors (Lipinski definition) is 18. The van der Waals surface area contributed by atoms with Crippen LogP contribution in [0, 0.1) is 5.82 Å². The van der Waals surface area contributed by atoms with Crippen molar-refractivity contribution in [3.05, 3.63) is 86.8 Å². The molecule has 2 heterocycles. The average molecular weight is 1000 g/mol. The number of aromatic amines is 1. The third-order valence-electron chi connectivity index (χ3n) is 9.67. The first-order valence-corrected chi connectivity index (χ1v) is 21.3. The lowest BCUT2D eigenvalue weighted by Crippen LogP contribution is -2.48. The quantitative estimate of drug-likeness (QED) is 0.0442. The van der Waals surface area contributed by atoms with Crippen molar-refractivity contribution < 1.29 is 106 Å². The molecule has 0 bridgehead atoms. The Morgan fingerprint density at radius 1 is 0.806 bits per heavy atom. The molecule has 0 radical (unpaired) electrons. The highest BCUT2D eigenvalue weighted by Gasteiger charge is 2.40. The van der Waals surface area contributed by atoms with Crippen LogP contribution in [0.5, 0.6) is 0 Å². The monoisotopic (exact) mass is 1000 g/mol. The smallest absolute Gasteiger partial charge is 0.394 e. The van der Waals surface area contributed by atoms with Crippen LogP contribution >= 0.6 is 7.75 Å². The van der Waals surface area contributed by atoms with Gasteiger partial charge in [-0.2, -0.15) is 26.3 Å². The SMILES string of the molecule is CNC[C@H](O)[C@@H](O)[C@H](O)[C@H](O)CO.CNC[C@H](O)[C@@H](O)[C@H](O)[C@H](O)CO.C[C@H](O[C@@H]1OCCN(Cc2nn(P(=O)(O)O)c(=O)[nH]2)[C@@H]1c1ccc(F)cc1)c1cc(C(F)(F)F)cc(C(F)(F)F)c1. The Labute approximate surface area is 376 Å². The highest BCUT2D eigenvalue weighted by atomic mass is 31.2. The molecular weight excluding hydrogens is 948 g/mol. The summed E-state index contributed by atoms with van der Waals surface area (Å²) >= 11 is 0. The molecule has 0 aliphatic carbocycles. The van der Waals surface area contributed by atoms with Gasteiger partial charge in [0.15, 0.2) is 6.29 Å². The van der Waals surface area contributed by atoms with Gasteiger partial charge >= 0.3 is 25.8 Å². The Bertz CT molecular complexity index is 1970. The Balaban J connectivity index is 0.000000484. The van der Waals surface area contributed by atoms with E-state index in [9.17, 15) is 60.1 Å². The number of aliphatic hydroxyl groups is 10. The molecule has 30 heteroatoms. The van der Waals surface area contributed by atoms with Crippen molar-refractivity contribution in [2.24, 2.45) is 0 Å². The average Bonchev–Trinajstić information content (AvgIpc) is 3.65. The Hall–Kier alpha value is -3.56. The van der Waals surface area contributed by atoms with Gasteiger partial charge in [-0.25, -0.2) is 13.8 Å². The zero-order valence-corrected chi connectivity index (χ0v) is 36.7. The molecule has 1 saturated heterocycles. The maximum Gasteiger partial charge on any atom is 0.454 e. The van der Waals surface area contributed by atoms with Crippen LogP contribution in [0.2, 0.25) is 0 Å². The van der Waals surface area contributed by atoms with Crippen LogP contribution < -0.4 is 16.3 Å². The van der Waals surface area contributed by atoms with Crippen LogP contribution in [0.15, 0.2) is 47.3 Å². The number of ether oxygens (including phenoxy) is 2. The van der Waals surface area contributed by atoms with E-state index in [0.717, 1.165) is 12.1 Å². The lowest BCUT2D eigenvalue weighted by atomic mass is 10.0. The maximum absolute atomic E-state index is 13.7. The van der Waals surface area contributed by atoms with E-state index in [0.29, 0.717) is 17.7 Å². The molecule has 11 atom stereocenters. The number of morpholine rings is 1. The van der Waals surface area contributed by atoms with Crippen LogP contribution in [0.25, 0.3) is 0 Å². The number of aromatic nitrogens is 3. The van der Waals surface area contributed by atoms with Crippen LogP contribution in [0.4, 0.5) is 30.7 Å². The van der Waals surface area contributed by atoms with Gasteiger partial charge in [0.1, 0.15) is 48.3 Å². The standard InChI is InChI=1S/C23H22F7N4O6P.2C7H17NO5/c1-12(14-8-15(22(25,26)27)10-16(9-14)23(28,29)30)40-20-19(13-2-4-17(24)5-3-13)33(6-7-39-20)11-18-31-21(35)34(32-18)41(36,37)38;2*1-8-2-4(10)6(12)7(13)5(11)3-9/h2-5,8-10,12,19-20H,6-7,11H2,1H3,(H,31,32,35)(H2,36,37,38);2*4-13H,2-3H2,1H3/t12-,19+,20-;2*4-,5+,6+,7+/m000/s1. The molecule has 1 aliphatic rings. The fourth-order valence-corrected chi connectivity index (χ4v) is 6.60. The molecule has 1 aromatic heterocycles. The van der Waals surface area contributed by atoms with Gasteiger partial charge in [0.05, 0.1) is 61.8 Å². The summed E-state index contributed by atoms with van der Waals surface area (Å²) in [7, 11) is -1.92. The summed E-state index contributed by atoms with van der Waals surface area (Å²) in [5.41, 5.74) is -4.31. The number of aliphatic hydroxyl groups excluding tert-OH is 10. The largest absolute Gasteiger partial charge is 0.454 e. The van der Waals surface area contributed by atoms with Gasteiger partial charge in [0.25, 0.3) is 0 Å². The molecule has 0 spiro atoms. The molecule has 0 unspecified atom stereocenters. The van der Waals surface area contributed by atoms with Crippen molar-refractivity contribution >= 4 is 7.75 Å². The number of halogens is 7. The molecule has 1 fully saturated rings. The summed E-state index contributed by atoms with van der Waals surface area (Å²) in [5.74, 6) is -0.775. The van der Waals surface area contributed by atoms with E-state index in [1.807, 2.05) is 0 Å². The maximum atomic E-state index is 13.7. The van der Waals surface area contributed by atoms with Crippen LogP contribution in [-0.2, 0) is 32.9 Å². The van der Waals surface area contributed by atoms with Crippen molar-refractivity contribution in [3.63, 3.8) is 0 Å². The lowest BCUT2D eigenvalue weighted by Gasteiger charge is -2.41. The fourth-order valence-electron chi connectivity index (χ4n) is 6.09. The Morgan fingerprint density at radius 3 is 1.64 bits per heavy atom. The van der Waals surface area contributed by atoms with E-state index < -0.39 is 129 Å². The van der Waals surface area contributed by atoms with Gasteiger partial charge in [0, 0.05) is 19.6 Å². The molecule has 4 rings (SSSR count). The molecule has 1 aliphatic heterocycles. The minimum atomic E-state index is -5.07. The van der Waals surface area contributed by atoms with E-state index in [4.69, 9.17) is 50.3 Å². The number of benzene rings is 2. The number of alkyl halides is 6. The topological polar surface area (TPSA) is 356 Å². The van der Waals surface area contributed by atoms with E-state index in [1.165, 1.54) is 19.1 Å². The summed E-state index contributed by atoms with van der Waals surface area (Å²) < 4.78 is 117. The molecule has 22 nitrogen and oxygen atoms in total. The van der Waals surface area contributed by atoms with Gasteiger partial charge in [-0.1, -0.05) is 12.1 Å². The second-order valence-electron chi connectivity index (χ2n) is 14.8. The van der Waals surface area contributed by atoms with Gasteiger partial charge in [0.2, 0.25) is 0 Å². The second-order valence-corrected chi connectivity index (χ2v) is 16.2. The number of H-pyrrole nitrogens is 1. The highest BCUT2D eigenvalue weighted by molar-refractivity contribution is 7.49. The first-order valence-electron chi connectivity index (χ1n) is 19.8. The van der Waals surface area contributed by atoms with Crippen molar-refractivity contribution in [3.8, 4) is 0 Å². The lowest BCUT2D eigenvalue weighted by molar-refractivity contribution is -0.231. The summed E-state index contributed by atoms with van der Waals surface area (Å²) in [5, 5.41) is 98.6. The van der Waals surface area contributed by atoms with Crippen LogP contribution in [-0.4, -0.2) is 189 Å². The normalized spacial score (nSPS) is 20.2. The third kappa shape index (κ3) is 18.0. The van der Waals surface area contributed by atoms with Crippen molar-refractivity contribution in [2.75, 3.05) is 53.6 Å². The predicted octanol–water partition coefficient (Wildman–Crippen LogP) is -2.35. The molecule has 2 aromatic carbocycles. The minimum Gasteiger partial charge on any atom is -0.394 e. The van der Waals surface area contributed by atoms with Gasteiger partial charge in [-0.15, -0.1) is 9.55 Å². The number of likely N-dealkylation sites (N-methyl/N-ethyl adjacent to an activating group) is 2. The first kappa shape index (κ1) is 59.6. The van der Waals surface area contributed by atoms with Gasteiger partial charge in [-0.3, -0.25) is 9.88 Å². The summed E-state index contributed by atoms with van der Waals surface area (Å²) in [6.07, 6.45) is -24.1. The highest BCUT2D eigenvalue weighted by Crippen LogP contribution is 2.40. The van der Waals surface area contributed by atoms with Crippen molar-refractivity contribution in [2.45, 2.75) is 93.1 Å². The molecule has 67 heavy (non-hydrogen) atoms. The molecule has 15 N–H and O–H groups in total. The molecule has 3 aromatic rings. The van der Waals surface area contributed by atoms with Crippen LogP contribution in [0.1, 0.15) is 47.1 Å². The molecule has 0 saturated carbocycles. The third-order valence-corrected chi connectivity index (χ3v) is 10.4. The first-order chi connectivity index (χ1) is 31.0. The van der Waals surface area contributed by atoms with E-state index in [-0.39, 0.29) is 49.1 Å². The van der Waals surface area contributed by atoms with Crippen molar-refractivity contribution in [1.29, 1.82) is 0 Å². The van der Waals surface area contributed by atoms with Crippen molar-refractivity contribution in [1.82, 2.24) is 30.1 Å². The predicted molar refractivity (Wildman–Crippen MR) is 216 cm³/mol. The summed E-state index contributed by atoms with van der Waals surface area (Å²) in [6, 6.07) is 5.01. The van der Waals surface area contributed by atoms with E-state index in [2.05, 4.69) is 20.7 Å². The molecule has 384 valence electrons. The summed E-state index contributed by atoms with van der Waals surface area (Å²) in [4.78, 5) is 34.3. The zero-order chi connectivity index (χ0) is 51.2. The van der Waals surface area contributed by atoms with Crippen LogP contribution in [0.3, 0.4) is 0 Å².